The zero-order valence-electron chi connectivity index (χ0n) is 4.31. The van der Waals surface area contributed by atoms with Crippen LogP contribution in [0.5, 0.6) is 0 Å². The molecule has 0 aliphatic carbocycles. The van der Waals surface area contributed by atoms with Gasteiger partial charge in [-0.05, 0) is 0 Å². The van der Waals surface area contributed by atoms with Crippen molar-refractivity contribution in [2.75, 3.05) is 0 Å². The van der Waals surface area contributed by atoms with Crippen molar-refractivity contribution in [3.63, 3.8) is 0 Å². The summed E-state index contributed by atoms with van der Waals surface area (Å²) < 4.78 is 57.5. The van der Waals surface area contributed by atoms with Gasteiger partial charge in [0.05, 0.1) is 0 Å². The van der Waals surface area contributed by atoms with Crippen LogP contribution in [0.1, 0.15) is 1.43 Å². The Hall–Kier alpha value is -0.300. The van der Waals surface area contributed by atoms with Crippen molar-refractivity contribution >= 4 is 10.1 Å². The smallest absolute Gasteiger partial charge is 0.522 e. The van der Waals surface area contributed by atoms with Gasteiger partial charge >= 0.3 is 15.6 Å². The molecule has 0 aromatic heterocycles. The quantitative estimate of drug-likeness (QED) is 0.405. The van der Waals surface area contributed by atoms with E-state index in [9.17, 15) is 13.2 Å². The molecule has 0 fully saturated rings. The van der Waals surface area contributed by atoms with Crippen LogP contribution in [0, 0.1) is 0 Å². The fraction of sp³-hybridized carbons (Fsp3) is 1.00. The molecule has 0 aliphatic rings. The highest BCUT2D eigenvalue weighted by molar-refractivity contribution is 7.86. The van der Waals surface area contributed by atoms with Crippen LogP contribution in [-0.4, -0.2) is 18.5 Å². The average Bonchev–Trinajstić information content (AvgIpc) is 1.25. The Morgan fingerprint density at radius 3 is 1.50 bits per heavy atom. The van der Waals surface area contributed by atoms with Crippen LogP contribution in [0.2, 0.25) is 0 Å². The first-order valence-electron chi connectivity index (χ1n) is 1.29. The lowest BCUT2D eigenvalue weighted by molar-refractivity contribution is -0.0510. The standard InChI is InChI=1S/CHF3O3S.H/c2-1(3,4)8(5,6)7;/h(H,5,6,7);/q;-1. The Bertz CT molecular complexity index is 168. The third-order valence-corrected chi connectivity index (χ3v) is 0.877. The Kier molecular flexibility index (Phi) is 1.53. The Balaban J connectivity index is 0. The number of rotatable bonds is 0. The fourth-order valence-electron chi connectivity index (χ4n) is 0. The Morgan fingerprint density at radius 1 is 1.38 bits per heavy atom. The molecular formula is CH2F3O3S-. The zero-order chi connectivity index (χ0) is 7.00. The van der Waals surface area contributed by atoms with E-state index in [-0.39, 0.29) is 1.43 Å². The topological polar surface area (TPSA) is 54.4 Å². The molecular weight excluding hydrogens is 149 g/mol. The van der Waals surface area contributed by atoms with Gasteiger partial charge in [0.25, 0.3) is 0 Å². The van der Waals surface area contributed by atoms with Gasteiger partial charge in [-0.15, -0.1) is 0 Å². The summed E-state index contributed by atoms with van der Waals surface area (Å²) >= 11 is 0. The van der Waals surface area contributed by atoms with Crippen molar-refractivity contribution in [3.05, 3.63) is 0 Å². The number of halogens is 3. The molecule has 7 heteroatoms. The van der Waals surface area contributed by atoms with E-state index in [4.69, 9.17) is 13.0 Å². The van der Waals surface area contributed by atoms with Gasteiger partial charge < -0.3 is 1.43 Å². The van der Waals surface area contributed by atoms with E-state index < -0.39 is 15.6 Å². The lowest BCUT2D eigenvalue weighted by atomic mass is 11.6. The molecule has 0 saturated carbocycles. The normalized spacial score (nSPS) is 14.0. The predicted molar refractivity (Wildman–Crippen MR) is 18.7 cm³/mol. The fourth-order valence-corrected chi connectivity index (χ4v) is 0. The van der Waals surface area contributed by atoms with Crippen LogP contribution in [0.25, 0.3) is 0 Å². The van der Waals surface area contributed by atoms with Crippen LogP contribution in [0.15, 0.2) is 0 Å². The summed E-state index contributed by atoms with van der Waals surface area (Å²) in [5.41, 5.74) is -5.53. The van der Waals surface area contributed by atoms with E-state index >= 15 is 0 Å². The van der Waals surface area contributed by atoms with Gasteiger partial charge in [0, 0.05) is 0 Å². The van der Waals surface area contributed by atoms with Crippen LogP contribution in [0.4, 0.5) is 13.2 Å². The van der Waals surface area contributed by atoms with Crippen molar-refractivity contribution in [3.8, 4) is 0 Å². The maximum absolute atomic E-state index is 10.7. The van der Waals surface area contributed by atoms with Gasteiger partial charge in [-0.1, -0.05) is 0 Å². The predicted octanol–water partition coefficient (Wildman–Crippen LogP) is 0.507. The van der Waals surface area contributed by atoms with Gasteiger partial charge in [0.2, 0.25) is 0 Å². The molecule has 0 aromatic carbocycles. The largest absolute Gasteiger partial charge is 1.00 e. The molecule has 8 heavy (non-hydrogen) atoms. The average molecular weight is 151 g/mol. The van der Waals surface area contributed by atoms with Crippen molar-refractivity contribution in [2.24, 2.45) is 0 Å². The van der Waals surface area contributed by atoms with E-state index in [2.05, 4.69) is 0 Å². The van der Waals surface area contributed by atoms with E-state index in [0.29, 0.717) is 0 Å². The summed E-state index contributed by atoms with van der Waals surface area (Å²) in [7, 11) is -5.84. The van der Waals surface area contributed by atoms with Gasteiger partial charge in [-0.2, -0.15) is 21.6 Å². The monoisotopic (exact) mass is 151 g/mol. The lowest BCUT2D eigenvalue weighted by Crippen LogP contribution is -2.21. The Morgan fingerprint density at radius 2 is 1.50 bits per heavy atom. The summed E-state index contributed by atoms with van der Waals surface area (Å²) in [5.74, 6) is 0. The van der Waals surface area contributed by atoms with Gasteiger partial charge in [0.1, 0.15) is 0 Å². The molecule has 0 radical (unpaired) electrons. The summed E-state index contributed by atoms with van der Waals surface area (Å²) in [6, 6.07) is 0. The molecule has 52 valence electrons. The third kappa shape index (κ3) is 1.66. The SMILES string of the molecule is O=S(=O)(O)C(F)(F)F.[H-]. The molecule has 0 saturated heterocycles. The van der Waals surface area contributed by atoms with E-state index in [1.807, 2.05) is 0 Å². The molecule has 0 spiro atoms. The van der Waals surface area contributed by atoms with Gasteiger partial charge in [-0.3, -0.25) is 4.55 Å². The van der Waals surface area contributed by atoms with Crippen LogP contribution >= 0.6 is 0 Å². The second-order valence-corrected chi connectivity index (χ2v) is 2.33. The number of hydrogen-bond donors (Lipinski definition) is 1. The summed E-state index contributed by atoms with van der Waals surface area (Å²) in [6.07, 6.45) is 0. The molecule has 0 rings (SSSR count). The highest BCUT2D eigenvalue weighted by Gasteiger charge is 2.44. The lowest BCUT2D eigenvalue weighted by Gasteiger charge is -1.97. The van der Waals surface area contributed by atoms with Crippen molar-refractivity contribution < 1.29 is 27.6 Å². The highest BCUT2D eigenvalue weighted by atomic mass is 32.2. The highest BCUT2D eigenvalue weighted by Crippen LogP contribution is 2.20. The first-order valence-corrected chi connectivity index (χ1v) is 2.73. The minimum absolute atomic E-state index is 0. The van der Waals surface area contributed by atoms with E-state index in [0.717, 1.165) is 0 Å². The zero-order valence-corrected chi connectivity index (χ0v) is 4.12. The first-order chi connectivity index (χ1) is 3.25. The van der Waals surface area contributed by atoms with Crippen LogP contribution in [-0.2, 0) is 10.1 Å². The molecule has 0 aromatic rings. The summed E-state index contributed by atoms with van der Waals surface area (Å²) in [5, 5.41) is 0. The molecule has 3 nitrogen and oxygen atoms in total. The number of alkyl halides is 3. The summed E-state index contributed by atoms with van der Waals surface area (Å²) in [4.78, 5) is 0. The summed E-state index contributed by atoms with van der Waals surface area (Å²) in [6.45, 7) is 0. The maximum atomic E-state index is 10.7. The molecule has 0 amide bonds. The molecule has 1 N–H and O–H groups in total. The van der Waals surface area contributed by atoms with E-state index in [1.54, 1.807) is 0 Å². The van der Waals surface area contributed by atoms with Gasteiger partial charge in [-0.25, -0.2) is 0 Å². The van der Waals surface area contributed by atoms with Crippen LogP contribution < -0.4 is 0 Å². The minimum atomic E-state index is -5.84. The second-order valence-electron chi connectivity index (χ2n) is 0.921. The molecule has 0 heterocycles. The molecule has 0 atom stereocenters. The van der Waals surface area contributed by atoms with Crippen molar-refractivity contribution in [1.29, 1.82) is 0 Å². The van der Waals surface area contributed by atoms with Crippen molar-refractivity contribution in [2.45, 2.75) is 5.51 Å². The second kappa shape index (κ2) is 1.59. The number of hydrogen-bond acceptors (Lipinski definition) is 2. The molecule has 0 bridgehead atoms. The third-order valence-electron chi connectivity index (χ3n) is 0.292. The van der Waals surface area contributed by atoms with E-state index in [1.165, 1.54) is 0 Å². The first kappa shape index (κ1) is 7.70. The van der Waals surface area contributed by atoms with Crippen LogP contribution in [0.3, 0.4) is 0 Å². The molecule has 0 unspecified atom stereocenters. The molecule has 0 aliphatic heterocycles. The Labute approximate surface area is 44.3 Å². The van der Waals surface area contributed by atoms with Crippen molar-refractivity contribution in [1.82, 2.24) is 0 Å². The maximum Gasteiger partial charge on any atom is 0.522 e. The van der Waals surface area contributed by atoms with Gasteiger partial charge in [0.15, 0.2) is 0 Å². The minimum Gasteiger partial charge on any atom is -1.00 e.